The molecule has 0 heterocycles. The molecular formula is C14H10Br2F2. The van der Waals surface area contributed by atoms with Crippen LogP contribution >= 0.6 is 31.9 Å². The Hall–Kier alpha value is -0.740. The van der Waals surface area contributed by atoms with Gasteiger partial charge in [-0.2, -0.15) is 0 Å². The summed E-state index contributed by atoms with van der Waals surface area (Å²) in [5.74, 6) is -0.754. The smallest absolute Gasteiger partial charge is 0.132 e. The van der Waals surface area contributed by atoms with Gasteiger partial charge >= 0.3 is 0 Å². The van der Waals surface area contributed by atoms with Gasteiger partial charge in [-0.05, 0) is 11.6 Å². The standard InChI is InChI=1S/C14H10Br2F2/c15-7-10-6-12(17)13(11(8-16)14(10)18)9-4-2-1-3-5-9/h1-6H,7-8H2. The van der Waals surface area contributed by atoms with Crippen LogP contribution in [0.5, 0.6) is 0 Å². The molecule has 0 aliphatic heterocycles. The SMILES string of the molecule is Fc1cc(CBr)c(F)c(CBr)c1-c1ccccc1. The fourth-order valence-electron chi connectivity index (χ4n) is 1.88. The molecule has 0 saturated carbocycles. The highest BCUT2D eigenvalue weighted by Gasteiger charge is 2.18. The van der Waals surface area contributed by atoms with E-state index < -0.39 is 5.82 Å². The molecular weight excluding hydrogens is 366 g/mol. The lowest BCUT2D eigenvalue weighted by Gasteiger charge is -2.13. The Bertz CT molecular complexity index is 553. The number of alkyl halides is 2. The first-order valence-electron chi connectivity index (χ1n) is 5.36. The average molecular weight is 376 g/mol. The van der Waals surface area contributed by atoms with E-state index in [1.807, 2.05) is 18.2 Å². The minimum absolute atomic E-state index is 0.279. The predicted molar refractivity (Wildman–Crippen MR) is 77.1 cm³/mol. The molecule has 0 N–H and O–H groups in total. The van der Waals surface area contributed by atoms with Crippen LogP contribution in [0.15, 0.2) is 36.4 Å². The van der Waals surface area contributed by atoms with Crippen LogP contribution in [0.25, 0.3) is 11.1 Å². The van der Waals surface area contributed by atoms with Gasteiger partial charge in [0.15, 0.2) is 0 Å². The molecule has 0 unspecified atom stereocenters. The first-order valence-corrected chi connectivity index (χ1v) is 7.60. The number of halogens is 4. The normalized spacial score (nSPS) is 10.7. The van der Waals surface area contributed by atoms with E-state index in [0.29, 0.717) is 27.6 Å². The Morgan fingerprint density at radius 2 is 1.61 bits per heavy atom. The molecule has 94 valence electrons. The van der Waals surface area contributed by atoms with E-state index in [0.717, 1.165) is 0 Å². The van der Waals surface area contributed by atoms with Gasteiger partial charge in [0.2, 0.25) is 0 Å². The molecule has 2 aromatic rings. The van der Waals surface area contributed by atoms with Crippen molar-refractivity contribution in [3.8, 4) is 11.1 Å². The zero-order valence-corrected chi connectivity index (χ0v) is 12.6. The van der Waals surface area contributed by atoms with E-state index in [-0.39, 0.29) is 11.1 Å². The van der Waals surface area contributed by atoms with Gasteiger partial charge in [0.25, 0.3) is 0 Å². The molecule has 2 aromatic carbocycles. The maximum Gasteiger partial charge on any atom is 0.132 e. The summed E-state index contributed by atoms with van der Waals surface area (Å²) < 4.78 is 28.3. The van der Waals surface area contributed by atoms with E-state index in [1.54, 1.807) is 12.1 Å². The molecule has 0 bridgehead atoms. The zero-order chi connectivity index (χ0) is 13.1. The molecule has 0 amide bonds. The van der Waals surface area contributed by atoms with Crippen molar-refractivity contribution in [1.29, 1.82) is 0 Å². The number of hydrogen-bond donors (Lipinski definition) is 0. The van der Waals surface area contributed by atoms with Gasteiger partial charge < -0.3 is 0 Å². The van der Waals surface area contributed by atoms with Gasteiger partial charge in [-0.3, -0.25) is 0 Å². The lowest BCUT2D eigenvalue weighted by Crippen LogP contribution is -2.00. The Morgan fingerprint density at radius 3 is 2.17 bits per heavy atom. The summed E-state index contributed by atoms with van der Waals surface area (Å²) in [6, 6.07) is 10.3. The summed E-state index contributed by atoms with van der Waals surface area (Å²) in [6.07, 6.45) is 0. The van der Waals surface area contributed by atoms with Crippen molar-refractivity contribution in [2.75, 3.05) is 0 Å². The maximum absolute atomic E-state index is 14.2. The van der Waals surface area contributed by atoms with Crippen LogP contribution in [0.2, 0.25) is 0 Å². The summed E-state index contributed by atoms with van der Waals surface area (Å²) in [5, 5.41) is 0.575. The van der Waals surface area contributed by atoms with Crippen molar-refractivity contribution >= 4 is 31.9 Å². The summed E-state index contributed by atoms with van der Waals surface area (Å²) in [7, 11) is 0. The topological polar surface area (TPSA) is 0 Å². The Morgan fingerprint density at radius 1 is 0.944 bits per heavy atom. The highest BCUT2D eigenvalue weighted by molar-refractivity contribution is 9.08. The summed E-state index contributed by atoms with van der Waals surface area (Å²) in [6.45, 7) is 0. The van der Waals surface area contributed by atoms with E-state index in [4.69, 9.17) is 0 Å². The van der Waals surface area contributed by atoms with Crippen LogP contribution in [0.3, 0.4) is 0 Å². The number of benzene rings is 2. The third kappa shape index (κ3) is 2.50. The van der Waals surface area contributed by atoms with Crippen LogP contribution in [-0.4, -0.2) is 0 Å². The van der Waals surface area contributed by atoms with E-state index >= 15 is 0 Å². The van der Waals surface area contributed by atoms with Gasteiger partial charge in [0, 0.05) is 27.4 Å². The van der Waals surface area contributed by atoms with Crippen molar-refractivity contribution in [3.05, 3.63) is 59.2 Å². The van der Waals surface area contributed by atoms with Gasteiger partial charge in [-0.1, -0.05) is 62.2 Å². The van der Waals surface area contributed by atoms with Crippen LogP contribution < -0.4 is 0 Å². The summed E-state index contributed by atoms with van der Waals surface area (Å²) in [5.41, 5.74) is 1.71. The Labute approximate surface area is 121 Å². The molecule has 0 radical (unpaired) electrons. The molecule has 0 aliphatic carbocycles. The molecule has 0 nitrogen and oxygen atoms in total. The molecule has 0 spiro atoms. The molecule has 0 atom stereocenters. The molecule has 0 aromatic heterocycles. The van der Waals surface area contributed by atoms with E-state index in [9.17, 15) is 8.78 Å². The number of hydrogen-bond acceptors (Lipinski definition) is 0. The Kier molecular flexibility index (Phi) is 4.51. The highest BCUT2D eigenvalue weighted by atomic mass is 79.9. The van der Waals surface area contributed by atoms with Crippen molar-refractivity contribution in [2.24, 2.45) is 0 Å². The second-order valence-corrected chi connectivity index (χ2v) is 4.94. The van der Waals surface area contributed by atoms with Gasteiger partial charge in [-0.15, -0.1) is 0 Å². The van der Waals surface area contributed by atoms with E-state index in [2.05, 4.69) is 31.9 Å². The third-order valence-electron chi connectivity index (χ3n) is 2.73. The monoisotopic (exact) mass is 374 g/mol. The third-order valence-corrected chi connectivity index (χ3v) is 3.89. The largest absolute Gasteiger partial charge is 0.206 e. The molecule has 18 heavy (non-hydrogen) atoms. The van der Waals surface area contributed by atoms with Crippen molar-refractivity contribution in [1.82, 2.24) is 0 Å². The fraction of sp³-hybridized carbons (Fsp3) is 0.143. The van der Waals surface area contributed by atoms with Crippen molar-refractivity contribution < 1.29 is 8.78 Å². The molecule has 2 rings (SSSR count). The van der Waals surface area contributed by atoms with Gasteiger partial charge in [-0.25, -0.2) is 8.78 Å². The molecule has 4 heteroatoms. The van der Waals surface area contributed by atoms with Crippen molar-refractivity contribution in [2.45, 2.75) is 10.7 Å². The lowest BCUT2D eigenvalue weighted by molar-refractivity contribution is 0.586. The predicted octanol–water partition coefficient (Wildman–Crippen LogP) is 5.42. The van der Waals surface area contributed by atoms with Crippen LogP contribution in [0.4, 0.5) is 8.78 Å². The maximum atomic E-state index is 14.2. The second-order valence-electron chi connectivity index (χ2n) is 3.82. The zero-order valence-electron chi connectivity index (χ0n) is 9.39. The summed E-state index contributed by atoms with van der Waals surface area (Å²) in [4.78, 5) is 0. The van der Waals surface area contributed by atoms with Gasteiger partial charge in [0.1, 0.15) is 11.6 Å². The quantitative estimate of drug-likeness (QED) is 0.628. The number of rotatable bonds is 3. The minimum atomic E-state index is -0.397. The first kappa shape index (κ1) is 13.7. The van der Waals surface area contributed by atoms with Gasteiger partial charge in [0.05, 0.1) is 0 Å². The van der Waals surface area contributed by atoms with E-state index in [1.165, 1.54) is 6.07 Å². The molecule has 0 fully saturated rings. The molecule has 0 saturated heterocycles. The van der Waals surface area contributed by atoms with Crippen LogP contribution in [0.1, 0.15) is 11.1 Å². The van der Waals surface area contributed by atoms with Crippen LogP contribution in [0, 0.1) is 11.6 Å². The summed E-state index contributed by atoms with van der Waals surface area (Å²) >= 11 is 6.40. The average Bonchev–Trinajstić information content (AvgIpc) is 2.41. The fourth-order valence-corrected chi connectivity index (χ4v) is 2.81. The highest BCUT2D eigenvalue weighted by Crippen LogP contribution is 2.32. The van der Waals surface area contributed by atoms with Crippen LogP contribution in [-0.2, 0) is 10.7 Å². The minimum Gasteiger partial charge on any atom is -0.206 e. The Balaban J connectivity index is 2.71. The second kappa shape index (κ2) is 5.93. The lowest BCUT2D eigenvalue weighted by atomic mass is 9.97. The first-order chi connectivity index (χ1) is 8.69. The van der Waals surface area contributed by atoms with Crippen molar-refractivity contribution in [3.63, 3.8) is 0 Å². The molecule has 0 aliphatic rings.